The van der Waals surface area contributed by atoms with E-state index in [-0.39, 0.29) is 23.9 Å². The van der Waals surface area contributed by atoms with Gasteiger partial charge in [-0.25, -0.2) is 9.97 Å². The number of hydrogen-bond acceptors (Lipinski definition) is 4. The first kappa shape index (κ1) is 15.7. The van der Waals surface area contributed by atoms with Crippen LogP contribution in [0.3, 0.4) is 0 Å². The van der Waals surface area contributed by atoms with Crippen LogP contribution in [-0.2, 0) is 0 Å². The van der Waals surface area contributed by atoms with Crippen molar-refractivity contribution in [1.82, 2.24) is 14.9 Å². The lowest BCUT2D eigenvalue weighted by Gasteiger charge is -2.39. The minimum atomic E-state index is 0.0170. The van der Waals surface area contributed by atoms with Gasteiger partial charge in [0.2, 0.25) is 0 Å². The Kier molecular flexibility index (Phi) is 4.80. The number of nitrogens with one attached hydrogen (secondary N) is 1. The van der Waals surface area contributed by atoms with Crippen molar-refractivity contribution in [3.05, 3.63) is 17.7 Å². The third-order valence-corrected chi connectivity index (χ3v) is 4.22. The molecule has 5 nitrogen and oxygen atoms in total. The average Bonchev–Trinajstić information content (AvgIpc) is 2.46. The topological polar surface area (TPSA) is 58.1 Å². The zero-order valence-electron chi connectivity index (χ0n) is 13.7. The second-order valence-corrected chi connectivity index (χ2v) is 6.24. The summed E-state index contributed by atoms with van der Waals surface area (Å²) in [6.07, 6.45) is 5.03. The summed E-state index contributed by atoms with van der Waals surface area (Å²) in [5, 5.41) is 3.04. The van der Waals surface area contributed by atoms with E-state index in [0.717, 1.165) is 18.7 Å². The smallest absolute Gasteiger partial charge is 0.275 e. The third-order valence-electron chi connectivity index (χ3n) is 4.22. The lowest BCUT2D eigenvalue weighted by atomic mass is 9.97. The molecule has 0 bridgehead atoms. The minimum absolute atomic E-state index is 0.0170. The number of amides is 1. The lowest BCUT2D eigenvalue weighted by molar-refractivity contribution is 0.0505. The van der Waals surface area contributed by atoms with Gasteiger partial charge in [0.15, 0.2) is 5.69 Å². The number of carbonyl (C=O) groups excluding carboxylic acids is 1. The van der Waals surface area contributed by atoms with Gasteiger partial charge < -0.3 is 10.2 Å². The number of nitrogens with zero attached hydrogens (tertiary/aromatic N) is 3. The minimum Gasteiger partial charge on any atom is -0.385 e. The van der Waals surface area contributed by atoms with E-state index in [9.17, 15) is 4.79 Å². The molecular formula is C16H26N4O. The van der Waals surface area contributed by atoms with Gasteiger partial charge in [0, 0.05) is 25.0 Å². The van der Waals surface area contributed by atoms with Crippen molar-refractivity contribution >= 4 is 11.6 Å². The Hall–Kier alpha value is -1.65. The zero-order chi connectivity index (χ0) is 15.6. The van der Waals surface area contributed by atoms with E-state index in [0.29, 0.717) is 11.4 Å². The quantitative estimate of drug-likeness (QED) is 0.929. The Balaban J connectivity index is 2.38. The molecule has 2 heterocycles. The van der Waals surface area contributed by atoms with Crippen molar-refractivity contribution in [2.75, 3.05) is 12.4 Å². The van der Waals surface area contributed by atoms with Gasteiger partial charge in [0.05, 0.1) is 11.9 Å². The number of hydrogen-bond donors (Lipinski definition) is 1. The molecule has 1 N–H and O–H groups in total. The lowest BCUT2D eigenvalue weighted by Crippen LogP contribution is -2.48. The van der Waals surface area contributed by atoms with Gasteiger partial charge >= 0.3 is 0 Å². The Bertz CT molecular complexity index is 505. The van der Waals surface area contributed by atoms with Crippen LogP contribution in [0.2, 0.25) is 0 Å². The first-order valence-corrected chi connectivity index (χ1v) is 7.83. The van der Waals surface area contributed by atoms with Crippen molar-refractivity contribution in [2.24, 2.45) is 0 Å². The van der Waals surface area contributed by atoms with Gasteiger partial charge in [-0.15, -0.1) is 0 Å². The molecule has 1 saturated heterocycles. The summed E-state index contributed by atoms with van der Waals surface area (Å²) in [6, 6.07) is 0.534. The van der Waals surface area contributed by atoms with Crippen LogP contribution in [0, 0.1) is 0 Å². The summed E-state index contributed by atoms with van der Waals surface area (Å²) in [7, 11) is 1.80. The van der Waals surface area contributed by atoms with Crippen LogP contribution >= 0.6 is 0 Å². The van der Waals surface area contributed by atoms with Gasteiger partial charge in [-0.3, -0.25) is 4.79 Å². The second-order valence-electron chi connectivity index (χ2n) is 6.24. The van der Waals surface area contributed by atoms with Crippen LogP contribution in [0.25, 0.3) is 0 Å². The summed E-state index contributed by atoms with van der Waals surface area (Å²) < 4.78 is 0. The zero-order valence-corrected chi connectivity index (χ0v) is 13.7. The molecule has 1 aromatic heterocycles. The molecule has 1 fully saturated rings. The molecule has 0 radical (unpaired) electrons. The number of aromatic nitrogens is 2. The molecule has 2 rings (SSSR count). The Morgan fingerprint density at radius 2 is 1.95 bits per heavy atom. The molecule has 1 aliphatic rings. The number of likely N-dealkylation sites (tertiary alicyclic amines) is 1. The van der Waals surface area contributed by atoms with Gasteiger partial charge in [-0.05, 0) is 33.1 Å². The first-order valence-electron chi connectivity index (χ1n) is 7.83. The van der Waals surface area contributed by atoms with E-state index in [2.05, 4.69) is 29.1 Å². The maximum Gasteiger partial charge on any atom is 0.275 e. The van der Waals surface area contributed by atoms with Crippen LogP contribution in [0.15, 0.2) is 6.20 Å². The van der Waals surface area contributed by atoms with Crippen LogP contribution < -0.4 is 5.32 Å². The van der Waals surface area contributed by atoms with E-state index in [1.807, 2.05) is 18.7 Å². The highest BCUT2D eigenvalue weighted by atomic mass is 16.2. The number of carbonyl (C=O) groups is 1. The maximum absolute atomic E-state index is 13.0. The van der Waals surface area contributed by atoms with Crippen LogP contribution in [0.4, 0.5) is 5.69 Å². The first-order chi connectivity index (χ1) is 9.95. The van der Waals surface area contributed by atoms with Gasteiger partial charge in [-0.2, -0.15) is 0 Å². The largest absolute Gasteiger partial charge is 0.385 e. The highest BCUT2D eigenvalue weighted by Crippen LogP contribution is 2.26. The van der Waals surface area contributed by atoms with Crippen molar-refractivity contribution in [3.8, 4) is 0 Å². The van der Waals surface area contributed by atoms with Crippen molar-refractivity contribution in [1.29, 1.82) is 0 Å². The molecule has 2 unspecified atom stereocenters. The van der Waals surface area contributed by atoms with E-state index in [1.165, 1.54) is 6.42 Å². The summed E-state index contributed by atoms with van der Waals surface area (Å²) in [5.41, 5.74) is 1.20. The van der Waals surface area contributed by atoms with E-state index in [1.54, 1.807) is 13.2 Å². The number of anilines is 1. The van der Waals surface area contributed by atoms with Gasteiger partial charge in [-0.1, -0.05) is 13.8 Å². The highest BCUT2D eigenvalue weighted by Gasteiger charge is 2.31. The van der Waals surface area contributed by atoms with Gasteiger partial charge in [0.25, 0.3) is 5.91 Å². The van der Waals surface area contributed by atoms with Crippen molar-refractivity contribution in [3.63, 3.8) is 0 Å². The summed E-state index contributed by atoms with van der Waals surface area (Å²) in [6.45, 7) is 8.32. The standard InChI is InChI=1S/C16H26N4O/c1-10(2)15-18-9-13(17-5)14(19-15)16(21)20-11(3)7-6-8-12(20)4/h9-12,17H,6-8H2,1-5H3. The summed E-state index contributed by atoms with van der Waals surface area (Å²) in [4.78, 5) is 23.8. The molecule has 0 aromatic carbocycles. The monoisotopic (exact) mass is 290 g/mol. The Morgan fingerprint density at radius 3 is 2.48 bits per heavy atom. The SMILES string of the molecule is CNc1cnc(C(C)C)nc1C(=O)N1C(C)CCCC1C. The maximum atomic E-state index is 13.0. The number of piperidine rings is 1. The molecule has 116 valence electrons. The predicted molar refractivity (Wildman–Crippen MR) is 84.6 cm³/mol. The predicted octanol–water partition coefficient (Wildman–Crippen LogP) is 3.04. The molecule has 1 aromatic rings. The molecule has 5 heteroatoms. The summed E-state index contributed by atoms with van der Waals surface area (Å²) >= 11 is 0. The molecule has 2 atom stereocenters. The van der Waals surface area contributed by atoms with Crippen molar-refractivity contribution < 1.29 is 4.79 Å². The molecule has 0 aliphatic carbocycles. The third kappa shape index (κ3) is 3.17. The van der Waals surface area contributed by atoms with Gasteiger partial charge in [0.1, 0.15) is 5.82 Å². The fourth-order valence-electron chi connectivity index (χ4n) is 2.96. The molecule has 21 heavy (non-hydrogen) atoms. The van der Waals surface area contributed by atoms with Crippen LogP contribution in [0.1, 0.15) is 69.2 Å². The molecule has 1 amide bonds. The molecule has 1 aliphatic heterocycles. The molecular weight excluding hydrogens is 264 g/mol. The van der Waals surface area contributed by atoms with E-state index < -0.39 is 0 Å². The second kappa shape index (κ2) is 6.41. The van der Waals surface area contributed by atoms with Crippen molar-refractivity contribution in [2.45, 2.75) is 65.0 Å². The summed E-state index contributed by atoms with van der Waals surface area (Å²) in [5.74, 6) is 0.941. The Morgan fingerprint density at radius 1 is 1.33 bits per heavy atom. The van der Waals surface area contributed by atoms with E-state index in [4.69, 9.17) is 0 Å². The fourth-order valence-corrected chi connectivity index (χ4v) is 2.96. The molecule has 0 saturated carbocycles. The van der Waals surface area contributed by atoms with Crippen LogP contribution in [-0.4, -0.2) is 39.9 Å². The number of rotatable bonds is 3. The fraction of sp³-hybridized carbons (Fsp3) is 0.688. The van der Waals surface area contributed by atoms with E-state index >= 15 is 0 Å². The highest BCUT2D eigenvalue weighted by molar-refractivity contribution is 5.97. The average molecular weight is 290 g/mol. The Labute approximate surface area is 127 Å². The molecule has 0 spiro atoms. The van der Waals surface area contributed by atoms with Crippen LogP contribution in [0.5, 0.6) is 0 Å². The normalized spacial score (nSPS) is 22.5.